The van der Waals surface area contributed by atoms with E-state index in [9.17, 15) is 23.2 Å². The maximum absolute atomic E-state index is 13.8. The van der Waals surface area contributed by atoms with Crippen LogP contribution in [-0.4, -0.2) is 54.3 Å². The van der Waals surface area contributed by atoms with Crippen LogP contribution < -0.4 is 16.0 Å². The molecule has 3 amide bonds. The topological polar surface area (TPSA) is 90.5 Å². The molecule has 2 aromatic carbocycles. The number of rotatable bonds is 7. The Morgan fingerprint density at radius 3 is 2.58 bits per heavy atom. The minimum atomic E-state index is -0.621. The number of hydrogen-bond acceptors (Lipinski definition) is 4. The summed E-state index contributed by atoms with van der Waals surface area (Å²) in [5, 5.41) is 8.78. The zero-order valence-corrected chi connectivity index (χ0v) is 20.4. The first-order valence-electron chi connectivity index (χ1n) is 12.4. The summed E-state index contributed by atoms with van der Waals surface area (Å²) in [7, 11) is 0. The van der Waals surface area contributed by atoms with Crippen molar-refractivity contribution in [2.24, 2.45) is 5.92 Å². The predicted octanol–water partition coefficient (Wildman–Crippen LogP) is 3.89. The summed E-state index contributed by atoms with van der Waals surface area (Å²) in [6, 6.07) is 9.72. The monoisotopic (exact) mass is 498 g/mol. The molecule has 0 radical (unpaired) electrons. The Hall–Kier alpha value is -3.33. The molecule has 0 bridgehead atoms. The number of anilines is 1. The highest BCUT2D eigenvalue weighted by molar-refractivity contribution is 5.97. The summed E-state index contributed by atoms with van der Waals surface area (Å²) in [6.07, 6.45) is 4.46. The van der Waals surface area contributed by atoms with Crippen molar-refractivity contribution in [2.45, 2.75) is 51.1 Å². The van der Waals surface area contributed by atoms with Crippen LogP contribution in [0.5, 0.6) is 0 Å². The average molecular weight is 499 g/mol. The van der Waals surface area contributed by atoms with Crippen molar-refractivity contribution < 1.29 is 23.2 Å². The number of halogens is 2. The summed E-state index contributed by atoms with van der Waals surface area (Å²) in [5.74, 6) is -1.17. The van der Waals surface area contributed by atoms with Gasteiger partial charge in [0.1, 0.15) is 11.6 Å². The van der Waals surface area contributed by atoms with Crippen molar-refractivity contribution in [3.8, 4) is 0 Å². The quantitative estimate of drug-likeness (QED) is 0.506. The van der Waals surface area contributed by atoms with Crippen LogP contribution in [0, 0.1) is 17.6 Å². The number of carbonyl (C=O) groups excluding carboxylic acids is 3. The van der Waals surface area contributed by atoms with Gasteiger partial charge < -0.3 is 16.0 Å². The van der Waals surface area contributed by atoms with E-state index in [0.29, 0.717) is 31.7 Å². The standard InChI is InChI=1S/C27H32F2N4O3/c1-17(34)23-13-21(10-11-24(23)29)31-27(36)32-25-5-3-2-4-19(25)14-33-15-22(30-26(35)16-33)12-18-6-8-20(28)9-7-18/h6-11,13,19,22,25H,2-5,12,14-16H2,1H3,(H,30,35)(H2,31,32,36)/t19-,22-,25+/m0/s1. The third-order valence-corrected chi connectivity index (χ3v) is 6.93. The second-order valence-electron chi connectivity index (χ2n) is 9.79. The molecule has 7 nitrogen and oxygen atoms in total. The van der Waals surface area contributed by atoms with Crippen molar-refractivity contribution in [1.29, 1.82) is 0 Å². The van der Waals surface area contributed by atoms with Crippen LogP contribution in [-0.2, 0) is 11.2 Å². The Balaban J connectivity index is 1.35. The fraction of sp³-hybridized carbons (Fsp3) is 0.444. The van der Waals surface area contributed by atoms with E-state index < -0.39 is 17.6 Å². The SMILES string of the molecule is CC(=O)c1cc(NC(=O)N[C@@H]2CCCC[C@H]2CN2CC(=O)N[C@@H](Cc3ccc(F)cc3)C2)ccc1F. The maximum atomic E-state index is 13.8. The van der Waals surface area contributed by atoms with Crippen LogP contribution in [0.3, 0.4) is 0 Å². The first-order chi connectivity index (χ1) is 17.3. The molecule has 1 heterocycles. The van der Waals surface area contributed by atoms with Gasteiger partial charge in [-0.05, 0) is 68.0 Å². The van der Waals surface area contributed by atoms with E-state index in [-0.39, 0.29) is 35.3 Å². The summed E-state index contributed by atoms with van der Waals surface area (Å²) in [5.41, 5.74) is 1.25. The lowest BCUT2D eigenvalue weighted by Gasteiger charge is -2.39. The molecule has 1 aliphatic carbocycles. The lowest BCUT2D eigenvalue weighted by atomic mass is 9.84. The molecule has 192 valence electrons. The number of nitrogens with zero attached hydrogens (tertiary/aromatic N) is 1. The van der Waals surface area contributed by atoms with Gasteiger partial charge in [0.25, 0.3) is 0 Å². The van der Waals surface area contributed by atoms with Gasteiger partial charge in [-0.15, -0.1) is 0 Å². The fourth-order valence-electron chi connectivity index (χ4n) is 5.21. The van der Waals surface area contributed by atoms with E-state index in [4.69, 9.17) is 0 Å². The second-order valence-corrected chi connectivity index (χ2v) is 9.79. The third-order valence-electron chi connectivity index (χ3n) is 6.93. The zero-order valence-electron chi connectivity index (χ0n) is 20.4. The zero-order chi connectivity index (χ0) is 25.7. The first-order valence-corrected chi connectivity index (χ1v) is 12.4. The van der Waals surface area contributed by atoms with Gasteiger partial charge in [-0.25, -0.2) is 13.6 Å². The van der Waals surface area contributed by atoms with Gasteiger partial charge in [0, 0.05) is 30.9 Å². The lowest BCUT2D eigenvalue weighted by molar-refractivity contribution is -0.125. The van der Waals surface area contributed by atoms with Crippen molar-refractivity contribution in [1.82, 2.24) is 15.5 Å². The molecular formula is C27H32F2N4O3. The summed E-state index contributed by atoms with van der Waals surface area (Å²) < 4.78 is 27.0. The van der Waals surface area contributed by atoms with Crippen molar-refractivity contribution in [3.05, 3.63) is 65.2 Å². The van der Waals surface area contributed by atoms with Crippen LogP contribution in [0.4, 0.5) is 19.3 Å². The summed E-state index contributed by atoms with van der Waals surface area (Å²) >= 11 is 0. The van der Waals surface area contributed by atoms with Gasteiger partial charge >= 0.3 is 6.03 Å². The Bertz CT molecular complexity index is 1110. The van der Waals surface area contributed by atoms with Crippen LogP contribution in [0.15, 0.2) is 42.5 Å². The van der Waals surface area contributed by atoms with E-state index in [1.807, 2.05) is 0 Å². The second kappa shape index (κ2) is 11.6. The number of hydrogen-bond donors (Lipinski definition) is 3. The largest absolute Gasteiger partial charge is 0.351 e. The third kappa shape index (κ3) is 6.87. The van der Waals surface area contributed by atoms with E-state index >= 15 is 0 Å². The summed E-state index contributed by atoms with van der Waals surface area (Å²) in [6.45, 7) is 2.95. The maximum Gasteiger partial charge on any atom is 0.319 e. The van der Waals surface area contributed by atoms with Crippen molar-refractivity contribution >= 4 is 23.4 Å². The highest BCUT2D eigenvalue weighted by Gasteiger charge is 2.32. The molecule has 1 aliphatic heterocycles. The smallest absolute Gasteiger partial charge is 0.319 e. The number of benzene rings is 2. The van der Waals surface area contributed by atoms with Crippen molar-refractivity contribution in [3.63, 3.8) is 0 Å². The Morgan fingerprint density at radius 2 is 1.83 bits per heavy atom. The number of ketones is 1. The molecule has 0 aromatic heterocycles. The number of urea groups is 1. The molecule has 1 saturated carbocycles. The molecular weight excluding hydrogens is 466 g/mol. The Labute approximate surface area is 209 Å². The molecule has 1 saturated heterocycles. The minimum absolute atomic E-state index is 0.0380. The molecule has 3 atom stereocenters. The average Bonchev–Trinajstić information content (AvgIpc) is 2.82. The molecule has 0 unspecified atom stereocenters. The van der Waals surface area contributed by atoms with Crippen LogP contribution in [0.1, 0.15) is 48.5 Å². The highest BCUT2D eigenvalue weighted by Crippen LogP contribution is 2.26. The Kier molecular flexibility index (Phi) is 8.30. The van der Waals surface area contributed by atoms with E-state index in [1.165, 1.54) is 37.3 Å². The van der Waals surface area contributed by atoms with Crippen LogP contribution in [0.2, 0.25) is 0 Å². The molecule has 9 heteroatoms. The van der Waals surface area contributed by atoms with Crippen LogP contribution >= 0.6 is 0 Å². The van der Waals surface area contributed by atoms with E-state index in [2.05, 4.69) is 20.9 Å². The van der Waals surface area contributed by atoms with Gasteiger partial charge in [0.2, 0.25) is 5.91 Å². The number of amides is 3. The van der Waals surface area contributed by atoms with Gasteiger partial charge in [-0.1, -0.05) is 25.0 Å². The molecule has 36 heavy (non-hydrogen) atoms. The van der Waals surface area contributed by atoms with E-state index in [0.717, 1.165) is 31.2 Å². The molecule has 3 N–H and O–H groups in total. The molecule has 4 rings (SSSR count). The minimum Gasteiger partial charge on any atom is -0.351 e. The number of nitrogens with one attached hydrogen (secondary N) is 3. The molecule has 2 aromatic rings. The molecule has 2 fully saturated rings. The predicted molar refractivity (Wildman–Crippen MR) is 133 cm³/mol. The lowest BCUT2D eigenvalue weighted by Crippen LogP contribution is -2.57. The highest BCUT2D eigenvalue weighted by atomic mass is 19.1. The van der Waals surface area contributed by atoms with Gasteiger partial charge in [-0.2, -0.15) is 0 Å². The number of Topliss-reactive ketones (excluding diaryl/α,β-unsaturated/α-hetero) is 1. The Morgan fingerprint density at radius 1 is 1.08 bits per heavy atom. The fourth-order valence-corrected chi connectivity index (χ4v) is 5.21. The van der Waals surface area contributed by atoms with Gasteiger partial charge in [0.05, 0.1) is 12.1 Å². The number of piperazine rings is 1. The van der Waals surface area contributed by atoms with Gasteiger partial charge in [-0.3, -0.25) is 14.5 Å². The normalized spacial score (nSPS) is 22.5. The first kappa shape index (κ1) is 25.8. The summed E-state index contributed by atoms with van der Waals surface area (Å²) in [4.78, 5) is 38.8. The van der Waals surface area contributed by atoms with Gasteiger partial charge in [0.15, 0.2) is 5.78 Å². The van der Waals surface area contributed by atoms with Crippen LogP contribution in [0.25, 0.3) is 0 Å². The van der Waals surface area contributed by atoms with E-state index in [1.54, 1.807) is 12.1 Å². The molecule has 0 spiro atoms. The molecule has 2 aliphatic rings. The van der Waals surface area contributed by atoms with Crippen molar-refractivity contribution in [2.75, 3.05) is 25.0 Å². The number of carbonyl (C=O) groups is 3.